The van der Waals surface area contributed by atoms with Crippen LogP contribution in [-0.4, -0.2) is 96.7 Å². The fraction of sp³-hybridized carbons (Fsp3) is 0.940. The monoisotopic (exact) mass is 1270 g/mol. The van der Waals surface area contributed by atoms with E-state index in [2.05, 4.69) is 34.6 Å². The Morgan fingerprint density at radius 2 is 0.535 bits per heavy atom. The summed E-state index contributed by atoms with van der Waals surface area (Å²) in [5, 5.41) is 10.6. The molecule has 3 N–H and O–H groups in total. The van der Waals surface area contributed by atoms with Gasteiger partial charge in [0.25, 0.3) is 0 Å². The van der Waals surface area contributed by atoms with Crippen LogP contribution in [0.5, 0.6) is 0 Å². The van der Waals surface area contributed by atoms with E-state index >= 15 is 0 Å². The summed E-state index contributed by atoms with van der Waals surface area (Å²) in [5.41, 5.74) is 0. The van der Waals surface area contributed by atoms with E-state index in [4.69, 9.17) is 37.0 Å². The molecule has 0 heterocycles. The Bertz CT molecular complexity index is 1670. The van der Waals surface area contributed by atoms with Gasteiger partial charge < -0.3 is 33.8 Å². The van der Waals surface area contributed by atoms with Gasteiger partial charge in [0, 0.05) is 25.7 Å². The summed E-state index contributed by atoms with van der Waals surface area (Å²) in [4.78, 5) is 72.3. The molecule has 0 amide bonds. The van der Waals surface area contributed by atoms with E-state index in [1.165, 1.54) is 167 Å². The van der Waals surface area contributed by atoms with Crippen LogP contribution in [0, 0.1) is 5.92 Å². The number of esters is 4. The predicted octanol–water partition coefficient (Wildman–Crippen LogP) is 19.0. The van der Waals surface area contributed by atoms with Crippen molar-refractivity contribution in [1.82, 2.24) is 0 Å². The fourth-order valence-corrected chi connectivity index (χ4v) is 11.7. The first kappa shape index (κ1) is 84.1. The van der Waals surface area contributed by atoms with Crippen LogP contribution < -0.4 is 0 Å². The Kier molecular flexibility index (Phi) is 59.2. The normalized spacial score (nSPS) is 14.2. The molecule has 86 heavy (non-hydrogen) atoms. The van der Waals surface area contributed by atoms with E-state index in [9.17, 15) is 43.2 Å². The van der Waals surface area contributed by atoms with Crippen LogP contribution in [0.2, 0.25) is 0 Å². The highest BCUT2D eigenvalue weighted by atomic mass is 31.2. The lowest BCUT2D eigenvalue weighted by molar-refractivity contribution is -0.161. The van der Waals surface area contributed by atoms with Gasteiger partial charge in [-0.1, -0.05) is 291 Å². The fourth-order valence-electron chi connectivity index (χ4n) is 10.1. The van der Waals surface area contributed by atoms with Gasteiger partial charge in [-0.25, -0.2) is 9.13 Å². The Hall–Kier alpha value is -1.94. The summed E-state index contributed by atoms with van der Waals surface area (Å²) in [6.45, 7) is 7.15. The maximum atomic E-state index is 13.0. The third-order valence-electron chi connectivity index (χ3n) is 15.5. The molecule has 0 aromatic rings. The topological polar surface area (TPSA) is 237 Å². The maximum Gasteiger partial charge on any atom is 0.472 e. The van der Waals surface area contributed by atoms with Crippen molar-refractivity contribution in [3.63, 3.8) is 0 Å². The molecule has 0 saturated heterocycles. The van der Waals surface area contributed by atoms with E-state index in [0.717, 1.165) is 89.9 Å². The van der Waals surface area contributed by atoms with Crippen molar-refractivity contribution in [3.8, 4) is 0 Å². The lowest BCUT2D eigenvalue weighted by Gasteiger charge is -2.21. The summed E-state index contributed by atoms with van der Waals surface area (Å²) < 4.78 is 68.1. The minimum Gasteiger partial charge on any atom is -0.462 e. The summed E-state index contributed by atoms with van der Waals surface area (Å²) in [5.74, 6) is -1.43. The van der Waals surface area contributed by atoms with Gasteiger partial charge in [0.05, 0.1) is 26.4 Å². The molecule has 0 aliphatic heterocycles. The van der Waals surface area contributed by atoms with Crippen molar-refractivity contribution in [2.75, 3.05) is 39.6 Å². The first-order valence-electron chi connectivity index (χ1n) is 35.1. The number of aliphatic hydroxyl groups excluding tert-OH is 1. The SMILES string of the molecule is CCCCCCCCCCCCCCCCCC(=O)O[C@H](COC(=O)CCCCCCCCCCCCC)COP(=O)(O)OC[C@@H](O)COP(=O)(O)OC[C@@H](COC(=O)CCCCCCCCCCCC)OC(=O)CCCCCCCCCC(C)C. The van der Waals surface area contributed by atoms with E-state index in [1.807, 2.05) is 0 Å². The molecule has 0 saturated carbocycles. The number of ether oxygens (including phenoxy) is 4. The van der Waals surface area contributed by atoms with Gasteiger partial charge in [-0.05, 0) is 31.6 Å². The molecule has 0 aromatic heterocycles. The number of carbonyl (C=O) groups is 4. The van der Waals surface area contributed by atoms with Crippen LogP contribution in [-0.2, 0) is 65.4 Å². The van der Waals surface area contributed by atoms with Crippen molar-refractivity contribution in [1.29, 1.82) is 0 Å². The van der Waals surface area contributed by atoms with E-state index in [0.29, 0.717) is 31.6 Å². The maximum absolute atomic E-state index is 13.0. The van der Waals surface area contributed by atoms with Gasteiger partial charge in [0.15, 0.2) is 12.2 Å². The van der Waals surface area contributed by atoms with Crippen molar-refractivity contribution in [2.45, 2.75) is 361 Å². The lowest BCUT2D eigenvalue weighted by Crippen LogP contribution is -2.30. The largest absolute Gasteiger partial charge is 0.472 e. The standard InChI is InChI=1S/C67H130O17P2/c1-6-9-12-15-18-21-24-25-26-27-29-32-37-42-47-52-66(71)83-62(56-78-65(70)51-46-41-36-31-28-22-19-16-13-10-7-2)58-81-85(73,74)79-54-61(68)55-80-86(75,76)82-59-63(84-67(72)53-48-43-38-33-34-39-44-49-60(4)5)57-77-64(69)50-45-40-35-30-23-20-17-14-11-8-3/h60-63,68H,6-59H2,1-5H3,(H,73,74)(H,75,76)/t61-,62-,63-/m1/s1. The summed E-state index contributed by atoms with van der Waals surface area (Å²) >= 11 is 0. The highest BCUT2D eigenvalue weighted by Gasteiger charge is 2.30. The Morgan fingerprint density at radius 1 is 0.314 bits per heavy atom. The molecule has 2 unspecified atom stereocenters. The average Bonchev–Trinajstić information content (AvgIpc) is 3.58. The number of hydrogen-bond acceptors (Lipinski definition) is 15. The highest BCUT2D eigenvalue weighted by Crippen LogP contribution is 2.45. The minimum atomic E-state index is -4.95. The first-order valence-corrected chi connectivity index (χ1v) is 38.1. The summed E-state index contributed by atoms with van der Waals surface area (Å²) in [6, 6.07) is 0. The van der Waals surface area contributed by atoms with Crippen LogP contribution >= 0.6 is 15.6 Å². The Balaban J connectivity index is 5.23. The Labute approximate surface area is 524 Å². The van der Waals surface area contributed by atoms with Crippen molar-refractivity contribution >= 4 is 39.5 Å². The molecule has 510 valence electrons. The molecule has 0 bridgehead atoms. The van der Waals surface area contributed by atoms with Crippen molar-refractivity contribution in [2.24, 2.45) is 5.92 Å². The van der Waals surface area contributed by atoms with Crippen LogP contribution in [0.15, 0.2) is 0 Å². The molecule has 0 aromatic carbocycles. The molecule has 5 atom stereocenters. The molecule has 19 heteroatoms. The molecule has 0 aliphatic carbocycles. The minimum absolute atomic E-state index is 0.104. The van der Waals surface area contributed by atoms with Gasteiger partial charge in [-0.15, -0.1) is 0 Å². The summed E-state index contributed by atoms with van der Waals surface area (Å²) in [6.07, 6.45) is 45.8. The van der Waals surface area contributed by atoms with E-state index < -0.39 is 97.5 Å². The third-order valence-corrected chi connectivity index (χ3v) is 17.4. The second-order valence-electron chi connectivity index (χ2n) is 24.7. The van der Waals surface area contributed by atoms with Gasteiger partial charge in [0.1, 0.15) is 19.3 Å². The van der Waals surface area contributed by atoms with Gasteiger partial charge in [-0.2, -0.15) is 0 Å². The predicted molar refractivity (Wildman–Crippen MR) is 345 cm³/mol. The van der Waals surface area contributed by atoms with Gasteiger partial charge in [0.2, 0.25) is 0 Å². The summed E-state index contributed by atoms with van der Waals surface area (Å²) in [7, 11) is -9.89. The molecule has 0 rings (SSSR count). The molecule has 0 spiro atoms. The molecule has 0 fully saturated rings. The Morgan fingerprint density at radius 3 is 0.791 bits per heavy atom. The number of rotatable bonds is 67. The van der Waals surface area contributed by atoms with Crippen LogP contribution in [0.25, 0.3) is 0 Å². The smallest absolute Gasteiger partial charge is 0.462 e. The number of phosphoric ester groups is 2. The van der Waals surface area contributed by atoms with Gasteiger partial charge >= 0.3 is 39.5 Å². The highest BCUT2D eigenvalue weighted by molar-refractivity contribution is 7.47. The number of carbonyl (C=O) groups excluding carboxylic acids is 4. The van der Waals surface area contributed by atoms with Crippen molar-refractivity contribution < 1.29 is 80.2 Å². The third kappa shape index (κ3) is 60.9. The van der Waals surface area contributed by atoms with Gasteiger partial charge in [-0.3, -0.25) is 37.3 Å². The van der Waals surface area contributed by atoms with Crippen LogP contribution in [0.4, 0.5) is 0 Å². The molecular formula is C67H130O17P2. The quantitative estimate of drug-likeness (QED) is 0.0222. The lowest BCUT2D eigenvalue weighted by atomic mass is 10.0. The zero-order chi connectivity index (χ0) is 63.5. The first-order chi connectivity index (χ1) is 41.5. The van der Waals surface area contributed by atoms with E-state index in [1.54, 1.807) is 0 Å². The number of hydrogen-bond donors (Lipinski definition) is 3. The van der Waals surface area contributed by atoms with Crippen LogP contribution in [0.1, 0.15) is 343 Å². The molecule has 0 aliphatic rings. The van der Waals surface area contributed by atoms with E-state index in [-0.39, 0.29) is 25.7 Å². The molecule has 0 radical (unpaired) electrons. The zero-order valence-corrected chi connectivity index (χ0v) is 57.2. The zero-order valence-electron chi connectivity index (χ0n) is 55.4. The van der Waals surface area contributed by atoms with Crippen molar-refractivity contribution in [3.05, 3.63) is 0 Å². The number of phosphoric acid groups is 2. The molecular weight excluding hydrogens is 1140 g/mol. The average molecular weight is 1270 g/mol. The second-order valence-corrected chi connectivity index (χ2v) is 27.6. The molecule has 17 nitrogen and oxygen atoms in total. The second kappa shape index (κ2) is 60.6. The van der Waals surface area contributed by atoms with Crippen LogP contribution in [0.3, 0.4) is 0 Å². The number of aliphatic hydroxyl groups is 1. The number of unbranched alkanes of at least 4 members (excludes halogenated alkanes) is 39.